The Hall–Kier alpha value is -3.71. The van der Waals surface area contributed by atoms with Crippen molar-refractivity contribution >= 4 is 53.5 Å². The topological polar surface area (TPSA) is 267 Å². The molecule has 32 heavy (non-hydrogen) atoms. The molecule has 4 amide bonds. The Bertz CT molecular complexity index is 798. The molecule has 16 heteroatoms. The van der Waals surface area contributed by atoms with E-state index >= 15 is 0 Å². The Morgan fingerprint density at radius 2 is 1.84 bits per heavy atom. The molecule has 0 aliphatic heterocycles. The fraction of sp³-hybridized carbons (Fsp3) is 0.500. The van der Waals surface area contributed by atoms with Gasteiger partial charge in [0.05, 0.1) is 17.5 Å². The van der Waals surface area contributed by atoms with Gasteiger partial charge in [0.2, 0.25) is 11.8 Å². The maximum atomic E-state index is 12.2. The summed E-state index contributed by atoms with van der Waals surface area (Å²) in [5.41, 5.74) is 11.9. The van der Waals surface area contributed by atoms with E-state index in [4.69, 9.17) is 21.7 Å². The molecule has 3 atom stereocenters. The molecule has 0 fully saturated rings. The molecule has 0 aromatic carbocycles. The number of carboxylic acids is 2. The van der Waals surface area contributed by atoms with Crippen molar-refractivity contribution in [1.29, 1.82) is 5.26 Å². The number of carbonyl (C=O) groups excluding carboxylic acids is 4. The van der Waals surface area contributed by atoms with Gasteiger partial charge in [0, 0.05) is 18.6 Å². The third-order valence-corrected chi connectivity index (χ3v) is 4.64. The fourth-order valence-corrected chi connectivity index (χ4v) is 2.92. The number of primary amides is 1. The lowest BCUT2D eigenvalue weighted by Crippen LogP contribution is -2.49. The highest BCUT2D eigenvalue weighted by Gasteiger charge is 2.24. The Morgan fingerprint density at radius 3 is 2.38 bits per heavy atom. The third-order valence-electron chi connectivity index (χ3n) is 3.44. The maximum Gasteiger partial charge on any atom is 0.332 e. The highest BCUT2D eigenvalue weighted by atomic mass is 32.2. The molecule has 0 saturated heterocycles. The van der Waals surface area contributed by atoms with Crippen molar-refractivity contribution in [2.24, 2.45) is 16.6 Å². The van der Waals surface area contributed by atoms with Gasteiger partial charge >= 0.3 is 18.0 Å². The molecule has 0 rings (SSSR count). The summed E-state index contributed by atoms with van der Waals surface area (Å²) in [5.74, 6) is -5.04. The van der Waals surface area contributed by atoms with Crippen molar-refractivity contribution in [3.63, 3.8) is 0 Å². The van der Waals surface area contributed by atoms with Gasteiger partial charge in [0.25, 0.3) is 0 Å². The molecule has 9 N–H and O–H groups in total. The number of rotatable bonds is 15. The third kappa shape index (κ3) is 13.5. The molecule has 0 unspecified atom stereocenters. The molecule has 0 heterocycles. The average molecular weight is 473 g/mol. The summed E-state index contributed by atoms with van der Waals surface area (Å²) < 4.78 is 0. The number of Topliss-reactive ketones (excluding diaryl/α,β-unsaturated/α-hetero) is 1. The largest absolute Gasteiger partial charge is 0.480 e. The van der Waals surface area contributed by atoms with Gasteiger partial charge in [-0.3, -0.25) is 24.0 Å². The van der Waals surface area contributed by atoms with E-state index in [9.17, 15) is 34.0 Å². The first-order chi connectivity index (χ1) is 15.0. The second-order valence-electron chi connectivity index (χ2n) is 6.07. The maximum absolute atomic E-state index is 12.2. The first-order valence-electron chi connectivity index (χ1n) is 8.86. The number of nitrogens with zero attached hydrogens (tertiary/aromatic N) is 2. The SMILES string of the molecule is N#C[C@H](CC(=O)/C=N\NC(N)=O)SC[C@H](NC(=O)CC[C@H](N)C(=O)O)C(=O)NCC(=O)O. The number of nitriles is 1. The summed E-state index contributed by atoms with van der Waals surface area (Å²) in [6, 6.07) is -1.72. The predicted molar refractivity (Wildman–Crippen MR) is 110 cm³/mol. The minimum absolute atomic E-state index is 0.203. The molecule has 15 nitrogen and oxygen atoms in total. The van der Waals surface area contributed by atoms with Crippen LogP contribution in [0, 0.1) is 11.3 Å². The van der Waals surface area contributed by atoms with E-state index in [1.807, 2.05) is 11.5 Å². The van der Waals surface area contributed by atoms with E-state index in [0.29, 0.717) is 0 Å². The number of thioether (sulfide) groups is 1. The summed E-state index contributed by atoms with van der Waals surface area (Å²) in [6.07, 6.45) is -0.105. The van der Waals surface area contributed by atoms with Gasteiger partial charge in [-0.05, 0) is 6.42 Å². The van der Waals surface area contributed by atoms with E-state index in [2.05, 4.69) is 15.7 Å². The number of ketones is 1. The predicted octanol–water partition coefficient (Wildman–Crippen LogP) is -2.90. The van der Waals surface area contributed by atoms with Crippen LogP contribution in [0.15, 0.2) is 5.10 Å². The van der Waals surface area contributed by atoms with Gasteiger partial charge in [0.1, 0.15) is 18.6 Å². The number of hydrogen-bond acceptors (Lipinski definition) is 10. The second kappa shape index (κ2) is 15.1. The zero-order chi connectivity index (χ0) is 24.7. The minimum atomic E-state index is -1.33. The fourth-order valence-electron chi connectivity index (χ4n) is 1.90. The molecule has 0 bridgehead atoms. The molecular formula is C16H23N7O8S. The highest BCUT2D eigenvalue weighted by Crippen LogP contribution is 2.16. The van der Waals surface area contributed by atoms with Crippen LogP contribution in [-0.4, -0.2) is 81.6 Å². The quantitative estimate of drug-likeness (QED) is 0.0936. The van der Waals surface area contributed by atoms with Gasteiger partial charge in [-0.2, -0.15) is 10.4 Å². The van der Waals surface area contributed by atoms with Crippen LogP contribution >= 0.6 is 11.8 Å². The van der Waals surface area contributed by atoms with Crippen LogP contribution in [-0.2, 0) is 24.0 Å². The number of nitrogens with one attached hydrogen (secondary N) is 3. The second-order valence-corrected chi connectivity index (χ2v) is 7.31. The molecule has 0 radical (unpaired) electrons. The lowest BCUT2D eigenvalue weighted by molar-refractivity contribution is -0.139. The van der Waals surface area contributed by atoms with Crippen molar-refractivity contribution in [2.45, 2.75) is 36.6 Å². The summed E-state index contributed by atoms with van der Waals surface area (Å²) >= 11 is 0.834. The molecular weight excluding hydrogens is 450 g/mol. The van der Waals surface area contributed by atoms with Gasteiger partial charge < -0.3 is 32.3 Å². The Kier molecular flexibility index (Phi) is 13.4. The standard InChI is InChI=1S/C16H23N7O8S/c17-4-9(3-8(24)5-21-23-16(19)31)32-7-11(14(28)20-6-13(26)27)22-12(25)2-1-10(18)15(29)30/h5,9-11H,1-3,6-7,18H2,(H,20,28)(H,22,25)(H,26,27)(H,29,30)(H3,19,23,31)/b21-5-/t9-,10-,11-/m0/s1. The van der Waals surface area contributed by atoms with Crippen LogP contribution in [0.1, 0.15) is 19.3 Å². The molecule has 0 aliphatic carbocycles. The van der Waals surface area contributed by atoms with Crippen molar-refractivity contribution in [1.82, 2.24) is 16.1 Å². The number of amides is 4. The Morgan fingerprint density at radius 1 is 1.19 bits per heavy atom. The van der Waals surface area contributed by atoms with Crippen molar-refractivity contribution in [3.8, 4) is 6.07 Å². The minimum Gasteiger partial charge on any atom is -0.480 e. The van der Waals surface area contributed by atoms with E-state index in [-0.39, 0.29) is 25.0 Å². The van der Waals surface area contributed by atoms with E-state index in [1.54, 1.807) is 0 Å². The van der Waals surface area contributed by atoms with Crippen molar-refractivity contribution < 1.29 is 39.0 Å². The zero-order valence-electron chi connectivity index (χ0n) is 16.6. The monoisotopic (exact) mass is 473 g/mol. The van der Waals surface area contributed by atoms with Crippen LogP contribution in [0.25, 0.3) is 0 Å². The lowest BCUT2D eigenvalue weighted by Gasteiger charge is -2.19. The van der Waals surface area contributed by atoms with E-state index in [1.165, 1.54) is 0 Å². The number of aliphatic carboxylic acids is 2. The Balaban J connectivity index is 4.98. The van der Waals surface area contributed by atoms with Crippen molar-refractivity contribution in [2.75, 3.05) is 12.3 Å². The summed E-state index contributed by atoms with van der Waals surface area (Å²) in [7, 11) is 0. The van der Waals surface area contributed by atoms with Crippen LogP contribution in [0.5, 0.6) is 0 Å². The number of hydrogen-bond donors (Lipinski definition) is 7. The smallest absolute Gasteiger partial charge is 0.332 e. The first-order valence-corrected chi connectivity index (χ1v) is 9.90. The van der Waals surface area contributed by atoms with Crippen LogP contribution in [0.2, 0.25) is 0 Å². The molecule has 0 saturated carbocycles. The Labute approximate surface area is 185 Å². The molecule has 176 valence electrons. The number of hydrazone groups is 1. The number of carboxylic acid groups (broad SMARTS) is 2. The highest BCUT2D eigenvalue weighted by molar-refractivity contribution is 8.00. The van der Waals surface area contributed by atoms with E-state index in [0.717, 1.165) is 18.0 Å². The lowest BCUT2D eigenvalue weighted by atomic mass is 10.1. The van der Waals surface area contributed by atoms with Gasteiger partial charge in [-0.15, -0.1) is 11.8 Å². The van der Waals surface area contributed by atoms with Crippen molar-refractivity contribution in [3.05, 3.63) is 0 Å². The first kappa shape index (κ1) is 28.3. The zero-order valence-corrected chi connectivity index (χ0v) is 17.5. The van der Waals surface area contributed by atoms with Crippen LogP contribution < -0.4 is 27.5 Å². The molecule has 0 aromatic heterocycles. The summed E-state index contributed by atoms with van der Waals surface area (Å²) in [6.45, 7) is -0.719. The summed E-state index contributed by atoms with van der Waals surface area (Å²) in [5, 5.41) is 33.3. The van der Waals surface area contributed by atoms with Crippen LogP contribution in [0.3, 0.4) is 0 Å². The molecule has 0 aliphatic rings. The molecule has 0 spiro atoms. The summed E-state index contributed by atoms with van der Waals surface area (Å²) in [4.78, 5) is 67.9. The number of carbonyl (C=O) groups is 6. The number of nitrogens with two attached hydrogens (primary N) is 2. The average Bonchev–Trinajstić information content (AvgIpc) is 2.71. The normalized spacial score (nSPS) is 13.2. The van der Waals surface area contributed by atoms with Crippen LogP contribution in [0.4, 0.5) is 4.79 Å². The molecule has 0 aromatic rings. The van der Waals surface area contributed by atoms with Gasteiger partial charge in [-0.1, -0.05) is 0 Å². The van der Waals surface area contributed by atoms with Gasteiger partial charge in [0.15, 0.2) is 5.78 Å². The van der Waals surface area contributed by atoms with E-state index < -0.39 is 59.4 Å². The number of urea groups is 1. The van der Waals surface area contributed by atoms with Gasteiger partial charge in [-0.25, -0.2) is 10.2 Å².